The van der Waals surface area contributed by atoms with Crippen molar-refractivity contribution in [3.63, 3.8) is 0 Å². The molecule has 0 spiro atoms. The van der Waals surface area contributed by atoms with E-state index in [-0.39, 0.29) is 0 Å². The maximum absolute atomic E-state index is 6.14. The molecule has 1 aliphatic rings. The zero-order chi connectivity index (χ0) is 14.8. The van der Waals surface area contributed by atoms with Crippen molar-refractivity contribution in [1.29, 1.82) is 0 Å². The summed E-state index contributed by atoms with van der Waals surface area (Å²) < 4.78 is 0. The minimum Gasteiger partial charge on any atom is -0.247 e. The molecular formula is C18H14ClNS. The fourth-order valence-electron chi connectivity index (χ4n) is 2.27. The van der Waals surface area contributed by atoms with E-state index in [0.717, 1.165) is 27.4 Å². The summed E-state index contributed by atoms with van der Waals surface area (Å²) in [6, 6.07) is 16.1. The summed E-state index contributed by atoms with van der Waals surface area (Å²) in [7, 11) is 0. The predicted molar refractivity (Wildman–Crippen MR) is 92.3 cm³/mol. The maximum atomic E-state index is 6.14. The second-order valence-corrected chi connectivity index (χ2v) is 6.41. The fraction of sp³-hybridized carbons (Fsp3) is 0.0556. The molecular weight excluding hydrogens is 298 g/mol. The number of rotatable bonds is 2. The van der Waals surface area contributed by atoms with Crippen LogP contribution in [-0.4, -0.2) is 5.71 Å². The number of hydrogen-bond donors (Lipinski definition) is 0. The SMILES string of the molecule is C=CC1=C(C)Sc2ccccc2C(c2cccc(Cl)c2)=N1. The van der Waals surface area contributed by atoms with Crippen LogP contribution in [0.1, 0.15) is 18.1 Å². The summed E-state index contributed by atoms with van der Waals surface area (Å²) in [5.41, 5.74) is 3.99. The molecule has 3 heteroatoms. The summed E-state index contributed by atoms with van der Waals surface area (Å²) in [6.07, 6.45) is 1.80. The average molecular weight is 312 g/mol. The Morgan fingerprint density at radius 1 is 1.14 bits per heavy atom. The number of allylic oxidation sites excluding steroid dienone is 2. The highest BCUT2D eigenvalue weighted by molar-refractivity contribution is 8.03. The van der Waals surface area contributed by atoms with Gasteiger partial charge in [0.05, 0.1) is 11.4 Å². The molecule has 0 fully saturated rings. The summed E-state index contributed by atoms with van der Waals surface area (Å²) in [5, 5.41) is 0.713. The first-order valence-corrected chi connectivity index (χ1v) is 7.83. The number of fused-ring (bicyclic) bond motifs is 1. The average Bonchev–Trinajstić information content (AvgIpc) is 2.63. The number of nitrogens with zero attached hydrogens (tertiary/aromatic N) is 1. The maximum Gasteiger partial charge on any atom is 0.0793 e. The standard InChI is InChI=1S/C18H14ClNS/c1-3-16-12(2)21-17-10-5-4-9-15(17)18(20-16)13-7-6-8-14(19)11-13/h3-11H,1H2,2H3. The van der Waals surface area contributed by atoms with Gasteiger partial charge in [-0.25, -0.2) is 4.99 Å². The third kappa shape index (κ3) is 2.82. The Morgan fingerprint density at radius 2 is 1.95 bits per heavy atom. The van der Waals surface area contributed by atoms with Gasteiger partial charge in [-0.2, -0.15) is 0 Å². The van der Waals surface area contributed by atoms with Crippen molar-refractivity contribution in [2.45, 2.75) is 11.8 Å². The highest BCUT2D eigenvalue weighted by Crippen LogP contribution is 2.36. The summed E-state index contributed by atoms with van der Waals surface area (Å²) in [5.74, 6) is 0. The number of halogens is 1. The quantitative estimate of drug-likeness (QED) is 0.693. The number of benzene rings is 2. The van der Waals surface area contributed by atoms with E-state index in [2.05, 4.69) is 25.6 Å². The molecule has 1 aliphatic heterocycles. The Morgan fingerprint density at radius 3 is 2.71 bits per heavy atom. The lowest BCUT2D eigenvalue weighted by Gasteiger charge is -2.09. The van der Waals surface area contributed by atoms with Crippen LogP contribution in [0.15, 0.2) is 81.7 Å². The molecule has 0 aromatic heterocycles. The third-order valence-corrected chi connectivity index (χ3v) is 4.62. The van der Waals surface area contributed by atoms with Crippen LogP contribution in [0.25, 0.3) is 0 Å². The molecule has 0 bridgehead atoms. The van der Waals surface area contributed by atoms with E-state index >= 15 is 0 Å². The van der Waals surface area contributed by atoms with Gasteiger partial charge in [-0.05, 0) is 31.2 Å². The molecule has 2 aromatic carbocycles. The largest absolute Gasteiger partial charge is 0.247 e. The Balaban J connectivity index is 2.27. The molecule has 0 amide bonds. The molecule has 1 nitrogen and oxygen atoms in total. The second-order valence-electron chi connectivity index (χ2n) is 4.71. The fourth-order valence-corrected chi connectivity index (χ4v) is 3.45. The van der Waals surface area contributed by atoms with Crippen molar-refractivity contribution in [2.24, 2.45) is 4.99 Å². The first-order chi connectivity index (χ1) is 10.2. The van der Waals surface area contributed by atoms with Crippen LogP contribution >= 0.6 is 23.4 Å². The van der Waals surface area contributed by atoms with Crippen LogP contribution in [0, 0.1) is 0 Å². The van der Waals surface area contributed by atoms with Gasteiger partial charge in [0, 0.05) is 26.0 Å². The number of thioether (sulfide) groups is 1. The van der Waals surface area contributed by atoms with Gasteiger partial charge in [0.1, 0.15) is 0 Å². The van der Waals surface area contributed by atoms with Gasteiger partial charge < -0.3 is 0 Å². The Bertz CT molecular complexity index is 774. The smallest absolute Gasteiger partial charge is 0.0793 e. The molecule has 104 valence electrons. The first kappa shape index (κ1) is 14.2. The molecule has 0 radical (unpaired) electrons. The minimum atomic E-state index is 0.713. The van der Waals surface area contributed by atoms with E-state index in [0.29, 0.717) is 5.02 Å². The van der Waals surface area contributed by atoms with Crippen molar-refractivity contribution in [2.75, 3.05) is 0 Å². The van der Waals surface area contributed by atoms with Crippen molar-refractivity contribution in [3.8, 4) is 0 Å². The second kappa shape index (κ2) is 5.92. The van der Waals surface area contributed by atoms with Crippen LogP contribution in [0.2, 0.25) is 5.02 Å². The van der Waals surface area contributed by atoms with E-state index in [4.69, 9.17) is 16.6 Å². The van der Waals surface area contributed by atoms with Gasteiger partial charge in [0.25, 0.3) is 0 Å². The van der Waals surface area contributed by atoms with Gasteiger partial charge in [-0.15, -0.1) is 0 Å². The van der Waals surface area contributed by atoms with E-state index in [1.54, 1.807) is 17.8 Å². The highest BCUT2D eigenvalue weighted by Gasteiger charge is 2.17. The zero-order valence-corrected chi connectivity index (χ0v) is 13.2. The lowest BCUT2D eigenvalue weighted by molar-refractivity contribution is 1.35. The van der Waals surface area contributed by atoms with Crippen LogP contribution in [0.5, 0.6) is 0 Å². The topological polar surface area (TPSA) is 12.4 Å². The van der Waals surface area contributed by atoms with Gasteiger partial charge in [0.15, 0.2) is 0 Å². The lowest BCUT2D eigenvalue weighted by Crippen LogP contribution is -2.04. The first-order valence-electron chi connectivity index (χ1n) is 6.64. The van der Waals surface area contributed by atoms with E-state index < -0.39 is 0 Å². The summed E-state index contributed by atoms with van der Waals surface area (Å²) >= 11 is 7.87. The van der Waals surface area contributed by atoms with Gasteiger partial charge >= 0.3 is 0 Å². The Labute approximate surface area is 134 Å². The summed E-state index contributed by atoms with van der Waals surface area (Å²) in [6.45, 7) is 5.95. The monoisotopic (exact) mass is 311 g/mol. The molecule has 0 aliphatic carbocycles. The normalized spacial score (nSPS) is 14.3. The molecule has 2 aromatic rings. The van der Waals surface area contributed by atoms with Gasteiger partial charge in [-0.3, -0.25) is 0 Å². The van der Waals surface area contributed by atoms with Gasteiger partial charge in [0.2, 0.25) is 0 Å². The minimum absolute atomic E-state index is 0.713. The Kier molecular flexibility index (Phi) is 4.00. The molecule has 0 unspecified atom stereocenters. The lowest BCUT2D eigenvalue weighted by atomic mass is 10.0. The molecule has 0 N–H and O–H groups in total. The number of aliphatic imine (C=N–C) groups is 1. The number of hydrogen-bond acceptors (Lipinski definition) is 2. The van der Waals surface area contributed by atoms with Crippen LogP contribution in [-0.2, 0) is 0 Å². The Hall–Kier alpha value is -1.77. The summed E-state index contributed by atoms with van der Waals surface area (Å²) in [4.78, 5) is 7.17. The van der Waals surface area contributed by atoms with Crippen LogP contribution < -0.4 is 0 Å². The van der Waals surface area contributed by atoms with Crippen molar-refractivity contribution in [1.82, 2.24) is 0 Å². The van der Waals surface area contributed by atoms with Crippen molar-refractivity contribution < 1.29 is 0 Å². The highest BCUT2D eigenvalue weighted by atomic mass is 35.5. The third-order valence-electron chi connectivity index (χ3n) is 3.29. The van der Waals surface area contributed by atoms with Crippen LogP contribution in [0.4, 0.5) is 0 Å². The van der Waals surface area contributed by atoms with E-state index in [1.807, 2.05) is 36.4 Å². The molecule has 1 heterocycles. The van der Waals surface area contributed by atoms with Crippen molar-refractivity contribution in [3.05, 3.63) is 87.9 Å². The van der Waals surface area contributed by atoms with Crippen LogP contribution in [0.3, 0.4) is 0 Å². The zero-order valence-electron chi connectivity index (χ0n) is 11.6. The van der Waals surface area contributed by atoms with Crippen molar-refractivity contribution >= 4 is 29.1 Å². The molecule has 21 heavy (non-hydrogen) atoms. The van der Waals surface area contributed by atoms with E-state index in [1.165, 1.54) is 4.90 Å². The molecule has 3 rings (SSSR count). The molecule has 0 saturated heterocycles. The molecule has 0 atom stereocenters. The van der Waals surface area contributed by atoms with E-state index in [9.17, 15) is 0 Å². The molecule has 0 saturated carbocycles. The predicted octanol–water partition coefficient (Wildman–Crippen LogP) is 5.70. The van der Waals surface area contributed by atoms with Gasteiger partial charge in [-0.1, -0.05) is 60.3 Å².